The summed E-state index contributed by atoms with van der Waals surface area (Å²) in [5.74, 6) is -1.77. The lowest BCUT2D eigenvalue weighted by Gasteiger charge is -2.41. The molecule has 0 aromatic rings. The largest absolute Gasteiger partial charge is 0.470 e. The monoisotopic (exact) mass is 204 g/mol. The highest BCUT2D eigenvalue weighted by atomic mass is 19.3. The molecule has 0 aromatic carbocycles. The molecule has 3 atom stereocenters. The zero-order valence-corrected chi connectivity index (χ0v) is 8.13. The van der Waals surface area contributed by atoms with Gasteiger partial charge >= 0.3 is 6.11 Å². The van der Waals surface area contributed by atoms with Gasteiger partial charge < -0.3 is 4.74 Å². The van der Waals surface area contributed by atoms with Crippen molar-refractivity contribution in [1.29, 1.82) is 0 Å². The highest BCUT2D eigenvalue weighted by molar-refractivity contribution is 4.94. The molecule has 1 saturated carbocycles. The Hall–Kier alpha value is -0.640. The van der Waals surface area contributed by atoms with Crippen LogP contribution in [0.3, 0.4) is 0 Å². The Labute approximate surface area is 81.9 Å². The summed E-state index contributed by atoms with van der Waals surface area (Å²) in [6.07, 6.45) is -0.130. The number of ether oxygens (including phenoxy) is 2. The van der Waals surface area contributed by atoms with E-state index in [-0.39, 0.29) is 5.92 Å². The molecule has 0 radical (unpaired) electrons. The average molecular weight is 204 g/mol. The van der Waals surface area contributed by atoms with Crippen LogP contribution >= 0.6 is 0 Å². The molecule has 2 bridgehead atoms. The number of hydrogen-bond acceptors (Lipinski definition) is 2. The van der Waals surface area contributed by atoms with Crippen molar-refractivity contribution in [2.24, 2.45) is 11.8 Å². The first-order valence-electron chi connectivity index (χ1n) is 4.84. The molecule has 3 unspecified atom stereocenters. The van der Waals surface area contributed by atoms with Gasteiger partial charge in [-0.2, -0.15) is 8.78 Å². The molecule has 80 valence electrons. The molecular formula is C10H14F2O2. The molecule has 2 nitrogen and oxygen atoms in total. The first kappa shape index (κ1) is 9.90. The summed E-state index contributed by atoms with van der Waals surface area (Å²) in [6.45, 7) is 4.95. The normalized spacial score (nSPS) is 44.8. The van der Waals surface area contributed by atoms with Gasteiger partial charge in [-0.1, -0.05) is 6.58 Å². The first-order valence-corrected chi connectivity index (χ1v) is 4.84. The summed E-state index contributed by atoms with van der Waals surface area (Å²) in [4.78, 5) is 0. The van der Waals surface area contributed by atoms with Crippen molar-refractivity contribution in [3.8, 4) is 0 Å². The van der Waals surface area contributed by atoms with Gasteiger partial charge in [0.05, 0.1) is 12.2 Å². The van der Waals surface area contributed by atoms with Crippen molar-refractivity contribution in [3.05, 3.63) is 12.8 Å². The minimum absolute atomic E-state index is 0.0603. The molecule has 0 N–H and O–H groups in total. The van der Waals surface area contributed by atoms with Gasteiger partial charge in [0, 0.05) is 12.8 Å². The molecular weight excluding hydrogens is 190 g/mol. The second-order valence-electron chi connectivity index (χ2n) is 4.17. The van der Waals surface area contributed by atoms with E-state index in [0.29, 0.717) is 12.8 Å². The highest BCUT2D eigenvalue weighted by Crippen LogP contribution is 2.53. The predicted octanol–water partition coefficient (Wildman–Crippen LogP) is 2.90. The summed E-state index contributed by atoms with van der Waals surface area (Å²) in [6, 6.07) is 0. The molecule has 0 spiro atoms. The van der Waals surface area contributed by atoms with Crippen LogP contribution in [0.1, 0.15) is 26.2 Å². The van der Waals surface area contributed by atoms with Gasteiger partial charge in [0.1, 0.15) is 0 Å². The fourth-order valence-corrected chi connectivity index (χ4v) is 2.49. The number of alkyl halides is 2. The van der Waals surface area contributed by atoms with Crippen molar-refractivity contribution >= 4 is 0 Å². The van der Waals surface area contributed by atoms with E-state index >= 15 is 0 Å². The van der Waals surface area contributed by atoms with Crippen LogP contribution in [0.4, 0.5) is 8.78 Å². The third-order valence-corrected chi connectivity index (χ3v) is 3.31. The lowest BCUT2D eigenvalue weighted by atomic mass is 9.93. The van der Waals surface area contributed by atoms with Gasteiger partial charge in [0.2, 0.25) is 5.79 Å². The summed E-state index contributed by atoms with van der Waals surface area (Å²) in [7, 11) is 0. The van der Waals surface area contributed by atoms with Crippen molar-refractivity contribution < 1.29 is 18.3 Å². The molecule has 1 heterocycles. The summed E-state index contributed by atoms with van der Waals surface area (Å²) < 4.78 is 36.6. The number of halogens is 2. The molecule has 0 amide bonds. The van der Waals surface area contributed by atoms with Crippen molar-refractivity contribution in [2.75, 3.05) is 0 Å². The van der Waals surface area contributed by atoms with Gasteiger partial charge in [0.25, 0.3) is 0 Å². The number of hydrogen-bond donors (Lipinski definition) is 0. The van der Waals surface area contributed by atoms with Crippen molar-refractivity contribution in [1.82, 2.24) is 0 Å². The third-order valence-electron chi connectivity index (χ3n) is 3.31. The number of rotatable bonds is 2. The lowest BCUT2D eigenvalue weighted by Crippen LogP contribution is -2.50. The predicted molar refractivity (Wildman–Crippen MR) is 46.6 cm³/mol. The molecule has 2 fully saturated rings. The molecule has 1 aliphatic carbocycles. The minimum Gasteiger partial charge on any atom is -0.470 e. The average Bonchev–Trinajstić information content (AvgIpc) is 2.47. The van der Waals surface area contributed by atoms with Gasteiger partial charge in [-0.3, -0.25) is 4.74 Å². The fraction of sp³-hybridized carbons (Fsp3) is 0.800. The fourth-order valence-electron chi connectivity index (χ4n) is 2.49. The maximum absolute atomic E-state index is 13.4. The van der Waals surface area contributed by atoms with Gasteiger partial charge in [-0.25, -0.2) is 0 Å². The molecule has 4 heteroatoms. The molecule has 14 heavy (non-hydrogen) atoms. The van der Waals surface area contributed by atoms with E-state index in [1.807, 2.05) is 0 Å². The molecule has 1 saturated heterocycles. The van der Waals surface area contributed by atoms with Crippen LogP contribution in [0.5, 0.6) is 0 Å². The topological polar surface area (TPSA) is 18.5 Å². The quantitative estimate of drug-likeness (QED) is 0.644. The summed E-state index contributed by atoms with van der Waals surface area (Å²) >= 11 is 0. The lowest BCUT2D eigenvalue weighted by molar-refractivity contribution is -0.396. The first-order chi connectivity index (χ1) is 6.48. The molecule has 2 aliphatic rings. The minimum atomic E-state index is -3.05. The third kappa shape index (κ3) is 1.32. The van der Waals surface area contributed by atoms with E-state index < -0.39 is 17.8 Å². The highest BCUT2D eigenvalue weighted by Gasteiger charge is 2.59. The maximum atomic E-state index is 13.4. The SMILES string of the molecule is C=COC1(C)OC(F)(F)C2CCC1C2. The summed E-state index contributed by atoms with van der Waals surface area (Å²) in [5, 5.41) is 0. The zero-order valence-electron chi connectivity index (χ0n) is 8.13. The van der Waals surface area contributed by atoms with Crippen LogP contribution in [0.25, 0.3) is 0 Å². The Balaban J connectivity index is 2.23. The smallest absolute Gasteiger partial charge is 0.361 e. The van der Waals surface area contributed by atoms with Gasteiger partial charge in [-0.15, -0.1) is 0 Å². The Kier molecular flexibility index (Phi) is 2.07. The van der Waals surface area contributed by atoms with Crippen LogP contribution in [-0.2, 0) is 9.47 Å². The van der Waals surface area contributed by atoms with E-state index in [2.05, 4.69) is 6.58 Å². The Morgan fingerprint density at radius 1 is 1.43 bits per heavy atom. The van der Waals surface area contributed by atoms with Gasteiger partial charge in [-0.05, 0) is 19.3 Å². The van der Waals surface area contributed by atoms with Crippen LogP contribution in [0.15, 0.2) is 12.8 Å². The van der Waals surface area contributed by atoms with E-state index in [4.69, 9.17) is 9.47 Å². The Morgan fingerprint density at radius 2 is 2.07 bits per heavy atom. The van der Waals surface area contributed by atoms with Crippen LogP contribution in [0.2, 0.25) is 0 Å². The number of fused-ring (bicyclic) bond motifs is 2. The van der Waals surface area contributed by atoms with Gasteiger partial charge in [0.15, 0.2) is 0 Å². The van der Waals surface area contributed by atoms with Crippen LogP contribution < -0.4 is 0 Å². The molecule has 0 aromatic heterocycles. The van der Waals surface area contributed by atoms with Crippen LogP contribution in [-0.4, -0.2) is 11.9 Å². The summed E-state index contributed by atoms with van der Waals surface area (Å²) in [5.41, 5.74) is 0. The Morgan fingerprint density at radius 3 is 2.71 bits per heavy atom. The zero-order chi connectivity index (χ0) is 10.4. The van der Waals surface area contributed by atoms with Crippen molar-refractivity contribution in [3.63, 3.8) is 0 Å². The standard InChI is InChI=1S/C10H14F2O2/c1-3-13-9(2)7-4-5-8(6-7)10(11,12)14-9/h3,7-8H,1,4-6H2,2H3. The van der Waals surface area contributed by atoms with Crippen LogP contribution in [0, 0.1) is 11.8 Å². The van der Waals surface area contributed by atoms with E-state index in [9.17, 15) is 8.78 Å². The molecule has 1 aliphatic heterocycles. The van der Waals surface area contributed by atoms with E-state index in [0.717, 1.165) is 6.42 Å². The molecule has 2 rings (SSSR count). The van der Waals surface area contributed by atoms with Crippen molar-refractivity contribution in [2.45, 2.75) is 38.1 Å². The van der Waals surface area contributed by atoms with E-state index in [1.54, 1.807) is 6.92 Å². The Bertz CT molecular complexity index is 255. The maximum Gasteiger partial charge on any atom is 0.361 e. The van der Waals surface area contributed by atoms with E-state index in [1.165, 1.54) is 6.26 Å². The second-order valence-corrected chi connectivity index (χ2v) is 4.17. The second kappa shape index (κ2) is 2.92.